The summed E-state index contributed by atoms with van der Waals surface area (Å²) in [6, 6.07) is 7.75. The van der Waals surface area contributed by atoms with Crippen LogP contribution in [0.1, 0.15) is 19.4 Å². The van der Waals surface area contributed by atoms with Gasteiger partial charge in [0.2, 0.25) is 0 Å². The molecule has 0 unspecified atom stereocenters. The molecule has 0 saturated carbocycles. The maximum absolute atomic E-state index is 12.1. The van der Waals surface area contributed by atoms with Crippen LogP contribution in [0.25, 0.3) is 0 Å². The van der Waals surface area contributed by atoms with E-state index < -0.39 is 7.60 Å². The maximum Gasteiger partial charge on any atom is 0.356 e. The van der Waals surface area contributed by atoms with Crippen LogP contribution >= 0.6 is 23.5 Å². The second-order valence-electron chi connectivity index (χ2n) is 3.55. The molecule has 0 amide bonds. The average molecular weight is 337 g/mol. The van der Waals surface area contributed by atoms with Crippen LogP contribution in [0.4, 0.5) is 0 Å². The predicted molar refractivity (Wildman–Crippen MR) is 74.7 cm³/mol. The van der Waals surface area contributed by atoms with Crippen LogP contribution in [0, 0.1) is 0 Å². The molecule has 0 aliphatic carbocycles. The molecule has 0 bridgehead atoms. The van der Waals surface area contributed by atoms with Crippen molar-refractivity contribution in [3.05, 3.63) is 34.3 Å². The van der Waals surface area contributed by atoms with E-state index in [0.29, 0.717) is 19.8 Å². The molecule has 0 aliphatic heterocycles. The molecule has 0 N–H and O–H groups in total. The van der Waals surface area contributed by atoms with E-state index >= 15 is 0 Å². The lowest BCUT2D eigenvalue weighted by Gasteiger charge is -2.16. The fraction of sp³-hybridized carbons (Fsp3) is 0.500. The lowest BCUT2D eigenvalue weighted by atomic mass is 10.2. The van der Waals surface area contributed by atoms with E-state index in [1.54, 1.807) is 13.8 Å². The standard InChI is InChI=1S/C12H18BrO4P/c1-3-16-18(14,17-4-2)10-15-9-11-5-7-12(13)8-6-11/h5-8H,3-4,9-10H2,1-2H3. The van der Waals surface area contributed by atoms with E-state index in [2.05, 4.69) is 15.9 Å². The average Bonchev–Trinajstić information content (AvgIpc) is 2.32. The lowest BCUT2D eigenvalue weighted by Crippen LogP contribution is -2.03. The summed E-state index contributed by atoms with van der Waals surface area (Å²) in [4.78, 5) is 0. The summed E-state index contributed by atoms with van der Waals surface area (Å²) < 4.78 is 28.8. The number of hydrogen-bond donors (Lipinski definition) is 0. The molecule has 0 saturated heterocycles. The lowest BCUT2D eigenvalue weighted by molar-refractivity contribution is 0.123. The number of hydrogen-bond acceptors (Lipinski definition) is 4. The zero-order chi connectivity index (χ0) is 13.4. The molecule has 0 radical (unpaired) electrons. The normalized spacial score (nSPS) is 11.7. The van der Waals surface area contributed by atoms with Crippen LogP contribution in [-0.4, -0.2) is 19.6 Å². The Labute approximate surface area is 116 Å². The third kappa shape index (κ3) is 5.63. The Balaban J connectivity index is 2.43. The molecule has 1 aromatic rings. The highest BCUT2D eigenvalue weighted by atomic mass is 79.9. The molecule has 0 aliphatic rings. The minimum atomic E-state index is -3.10. The van der Waals surface area contributed by atoms with Crippen molar-refractivity contribution < 1.29 is 18.3 Å². The largest absolute Gasteiger partial charge is 0.364 e. The van der Waals surface area contributed by atoms with Crippen molar-refractivity contribution in [2.24, 2.45) is 0 Å². The van der Waals surface area contributed by atoms with E-state index in [9.17, 15) is 4.57 Å². The van der Waals surface area contributed by atoms with Crippen molar-refractivity contribution in [1.29, 1.82) is 0 Å². The predicted octanol–water partition coefficient (Wildman–Crippen LogP) is 4.19. The highest BCUT2D eigenvalue weighted by molar-refractivity contribution is 9.10. The van der Waals surface area contributed by atoms with Crippen LogP contribution in [0.3, 0.4) is 0 Å². The molecule has 0 fully saturated rings. The molecule has 0 atom stereocenters. The Bertz CT molecular complexity index is 384. The van der Waals surface area contributed by atoms with Gasteiger partial charge >= 0.3 is 7.60 Å². The maximum atomic E-state index is 12.1. The molecule has 18 heavy (non-hydrogen) atoms. The van der Waals surface area contributed by atoms with Gasteiger partial charge in [-0.25, -0.2) is 0 Å². The van der Waals surface area contributed by atoms with E-state index in [0.717, 1.165) is 10.0 Å². The van der Waals surface area contributed by atoms with Gasteiger partial charge < -0.3 is 13.8 Å². The molecular formula is C12H18BrO4P. The summed E-state index contributed by atoms with van der Waals surface area (Å²) in [5, 5.41) is 0. The Morgan fingerprint density at radius 2 is 1.67 bits per heavy atom. The molecule has 102 valence electrons. The first-order valence-corrected chi connectivity index (χ1v) is 8.32. The number of ether oxygens (including phenoxy) is 1. The van der Waals surface area contributed by atoms with Gasteiger partial charge in [0.05, 0.1) is 19.8 Å². The summed E-state index contributed by atoms with van der Waals surface area (Å²) in [6.07, 6.45) is -0.0231. The van der Waals surface area contributed by atoms with E-state index in [1.807, 2.05) is 24.3 Å². The Morgan fingerprint density at radius 1 is 1.11 bits per heavy atom. The monoisotopic (exact) mass is 336 g/mol. The van der Waals surface area contributed by atoms with Gasteiger partial charge in [-0.2, -0.15) is 0 Å². The van der Waals surface area contributed by atoms with Gasteiger partial charge in [-0.15, -0.1) is 0 Å². The zero-order valence-electron chi connectivity index (χ0n) is 10.6. The molecule has 1 rings (SSSR count). The number of rotatable bonds is 8. The van der Waals surface area contributed by atoms with Crippen molar-refractivity contribution in [2.45, 2.75) is 20.5 Å². The smallest absolute Gasteiger partial charge is 0.356 e. The molecule has 0 spiro atoms. The van der Waals surface area contributed by atoms with Crippen LogP contribution in [0.15, 0.2) is 28.7 Å². The van der Waals surface area contributed by atoms with Gasteiger partial charge in [0.1, 0.15) is 6.35 Å². The first-order valence-electron chi connectivity index (χ1n) is 5.80. The van der Waals surface area contributed by atoms with Gasteiger partial charge in [0.25, 0.3) is 0 Å². The van der Waals surface area contributed by atoms with Gasteiger partial charge in [-0.1, -0.05) is 28.1 Å². The first-order chi connectivity index (χ1) is 8.59. The number of halogens is 1. The Hall–Kier alpha value is -0.190. The molecule has 0 aromatic heterocycles. The van der Waals surface area contributed by atoms with Crippen molar-refractivity contribution in [2.75, 3.05) is 19.6 Å². The minimum absolute atomic E-state index is 0.0231. The van der Waals surface area contributed by atoms with E-state index in [1.165, 1.54) is 0 Å². The summed E-state index contributed by atoms with van der Waals surface area (Å²) in [6.45, 7) is 4.63. The van der Waals surface area contributed by atoms with Crippen LogP contribution in [0.2, 0.25) is 0 Å². The highest BCUT2D eigenvalue weighted by Gasteiger charge is 2.23. The topological polar surface area (TPSA) is 44.8 Å². The zero-order valence-corrected chi connectivity index (χ0v) is 13.1. The summed E-state index contributed by atoms with van der Waals surface area (Å²) in [5.41, 5.74) is 1.01. The summed E-state index contributed by atoms with van der Waals surface area (Å²) in [5.74, 6) is 0. The fourth-order valence-electron chi connectivity index (χ4n) is 1.36. The van der Waals surface area contributed by atoms with Crippen molar-refractivity contribution in [1.82, 2.24) is 0 Å². The van der Waals surface area contributed by atoms with Crippen molar-refractivity contribution in [3.8, 4) is 0 Å². The van der Waals surface area contributed by atoms with Gasteiger partial charge in [-0.3, -0.25) is 4.57 Å². The van der Waals surface area contributed by atoms with Gasteiger partial charge in [0.15, 0.2) is 0 Å². The van der Waals surface area contributed by atoms with Crippen molar-refractivity contribution >= 4 is 23.5 Å². The fourth-order valence-corrected chi connectivity index (χ4v) is 2.95. The van der Waals surface area contributed by atoms with Gasteiger partial charge in [-0.05, 0) is 31.5 Å². The summed E-state index contributed by atoms with van der Waals surface area (Å²) >= 11 is 3.36. The highest BCUT2D eigenvalue weighted by Crippen LogP contribution is 2.47. The molecule has 1 aromatic carbocycles. The van der Waals surface area contributed by atoms with Crippen LogP contribution in [-0.2, 0) is 25.0 Å². The third-order valence-corrected chi connectivity index (χ3v) is 4.41. The quantitative estimate of drug-likeness (QED) is 0.667. The second kappa shape index (κ2) is 8.08. The molecule has 0 heterocycles. The van der Waals surface area contributed by atoms with Gasteiger partial charge in [0, 0.05) is 4.47 Å². The summed E-state index contributed by atoms with van der Waals surface area (Å²) in [7, 11) is -3.10. The van der Waals surface area contributed by atoms with E-state index in [-0.39, 0.29) is 6.35 Å². The molecule has 4 nitrogen and oxygen atoms in total. The van der Waals surface area contributed by atoms with Crippen LogP contribution < -0.4 is 0 Å². The number of benzene rings is 1. The second-order valence-corrected chi connectivity index (χ2v) is 6.46. The first kappa shape index (κ1) is 15.9. The van der Waals surface area contributed by atoms with E-state index in [4.69, 9.17) is 13.8 Å². The Kier molecular flexibility index (Phi) is 7.12. The Morgan fingerprint density at radius 3 is 2.17 bits per heavy atom. The molecule has 6 heteroatoms. The molecular weight excluding hydrogens is 319 g/mol. The van der Waals surface area contributed by atoms with Crippen LogP contribution in [0.5, 0.6) is 0 Å². The van der Waals surface area contributed by atoms with Crippen molar-refractivity contribution in [3.63, 3.8) is 0 Å². The third-order valence-electron chi connectivity index (χ3n) is 2.08. The minimum Gasteiger partial charge on any atom is -0.364 e. The SMILES string of the molecule is CCOP(=O)(COCc1ccc(Br)cc1)OCC.